The molecule has 0 unspecified atom stereocenters. The molecule has 19 heavy (non-hydrogen) atoms. The monoisotopic (exact) mass is 261 g/mol. The van der Waals surface area contributed by atoms with Gasteiger partial charge >= 0.3 is 0 Å². The lowest BCUT2D eigenvalue weighted by atomic mass is 10.1. The normalized spacial score (nSPS) is 15.1. The van der Waals surface area contributed by atoms with Gasteiger partial charge in [0.2, 0.25) is 0 Å². The van der Waals surface area contributed by atoms with Crippen molar-refractivity contribution in [1.82, 2.24) is 5.32 Å². The zero-order valence-electron chi connectivity index (χ0n) is 12.3. The van der Waals surface area contributed by atoms with Crippen LogP contribution in [-0.2, 0) is 11.3 Å². The summed E-state index contributed by atoms with van der Waals surface area (Å²) in [6.07, 6.45) is 5.46. The van der Waals surface area contributed by atoms with Crippen LogP contribution in [0.4, 0.5) is 0 Å². The highest BCUT2D eigenvalue weighted by atomic mass is 16.5. The van der Waals surface area contributed by atoms with E-state index in [-0.39, 0.29) is 0 Å². The lowest BCUT2D eigenvalue weighted by molar-refractivity contribution is 0.0760. The number of hydrogen-bond donors (Lipinski definition) is 1. The summed E-state index contributed by atoms with van der Waals surface area (Å²) < 4.78 is 5.53. The molecule has 1 saturated carbocycles. The Balaban J connectivity index is 1.56. The van der Waals surface area contributed by atoms with E-state index in [4.69, 9.17) is 4.74 Å². The summed E-state index contributed by atoms with van der Waals surface area (Å²) in [7, 11) is 0. The minimum Gasteiger partial charge on any atom is -0.379 e. The molecular weight excluding hydrogens is 234 g/mol. The van der Waals surface area contributed by atoms with Gasteiger partial charge in [-0.25, -0.2) is 0 Å². The number of benzene rings is 1. The molecular formula is C17H27NO. The van der Waals surface area contributed by atoms with Gasteiger partial charge in [0.1, 0.15) is 0 Å². The van der Waals surface area contributed by atoms with Crippen molar-refractivity contribution in [2.24, 2.45) is 0 Å². The summed E-state index contributed by atoms with van der Waals surface area (Å²) >= 11 is 0. The highest BCUT2D eigenvalue weighted by molar-refractivity contribution is 5.29. The van der Waals surface area contributed by atoms with Crippen LogP contribution in [0.3, 0.4) is 0 Å². The Hall–Kier alpha value is -0.860. The topological polar surface area (TPSA) is 21.3 Å². The maximum Gasteiger partial charge on any atom is 0.0518 e. The van der Waals surface area contributed by atoms with Crippen molar-refractivity contribution in [2.45, 2.75) is 58.1 Å². The van der Waals surface area contributed by atoms with Crippen LogP contribution >= 0.6 is 0 Å². The molecule has 0 aliphatic heterocycles. The van der Waals surface area contributed by atoms with Gasteiger partial charge in [-0.05, 0) is 63.1 Å². The second-order valence-electron chi connectivity index (χ2n) is 5.82. The molecule has 0 radical (unpaired) electrons. The van der Waals surface area contributed by atoms with Crippen LogP contribution in [0, 0.1) is 0 Å². The van der Waals surface area contributed by atoms with Crippen molar-refractivity contribution >= 4 is 0 Å². The van der Waals surface area contributed by atoms with E-state index in [0.717, 1.165) is 32.0 Å². The number of hydrogen-bond acceptors (Lipinski definition) is 2. The molecule has 1 aromatic carbocycles. The predicted octanol–water partition coefficient (Wildman–Crippen LogP) is 3.86. The van der Waals surface area contributed by atoms with Crippen LogP contribution in [-0.4, -0.2) is 19.3 Å². The quantitative estimate of drug-likeness (QED) is 0.682. The van der Waals surface area contributed by atoms with E-state index >= 15 is 0 Å². The lowest BCUT2D eigenvalue weighted by Gasteiger charge is -2.08. The fraction of sp³-hybridized carbons (Fsp3) is 0.647. The first-order chi connectivity index (χ1) is 9.25. The number of rotatable bonds is 9. The maximum atomic E-state index is 5.53. The number of nitrogens with one attached hydrogen (secondary N) is 1. The summed E-state index contributed by atoms with van der Waals surface area (Å²) in [4.78, 5) is 0. The van der Waals surface area contributed by atoms with Gasteiger partial charge in [-0.3, -0.25) is 0 Å². The van der Waals surface area contributed by atoms with E-state index in [1.54, 1.807) is 0 Å². The Morgan fingerprint density at radius 3 is 2.84 bits per heavy atom. The van der Waals surface area contributed by atoms with Crippen molar-refractivity contribution < 1.29 is 4.74 Å². The summed E-state index contributed by atoms with van der Waals surface area (Å²) in [6, 6.07) is 9.05. The van der Waals surface area contributed by atoms with Crippen LogP contribution in [0.1, 0.15) is 56.6 Å². The Kier molecular flexibility index (Phi) is 5.87. The SMILES string of the molecule is CC(C)OCCCCNCc1cccc(C2CC2)c1. The fourth-order valence-corrected chi connectivity index (χ4v) is 2.28. The standard InChI is InChI=1S/C17H27NO/c1-14(2)19-11-4-3-10-18-13-15-6-5-7-17(12-15)16-8-9-16/h5-7,12,14,16,18H,3-4,8-11,13H2,1-2H3. The Morgan fingerprint density at radius 1 is 1.26 bits per heavy atom. The van der Waals surface area contributed by atoms with Gasteiger partial charge < -0.3 is 10.1 Å². The summed E-state index contributed by atoms with van der Waals surface area (Å²) in [5.41, 5.74) is 2.95. The molecule has 0 bridgehead atoms. The zero-order chi connectivity index (χ0) is 13.5. The predicted molar refractivity (Wildman–Crippen MR) is 80.4 cm³/mol. The first-order valence-electron chi connectivity index (χ1n) is 7.67. The van der Waals surface area contributed by atoms with Crippen molar-refractivity contribution in [1.29, 1.82) is 0 Å². The molecule has 0 amide bonds. The van der Waals surface area contributed by atoms with E-state index in [1.807, 2.05) is 0 Å². The first kappa shape index (κ1) is 14.5. The summed E-state index contributed by atoms with van der Waals surface area (Å²) in [5.74, 6) is 0.855. The average molecular weight is 261 g/mol. The molecule has 106 valence electrons. The van der Waals surface area contributed by atoms with E-state index in [0.29, 0.717) is 6.10 Å². The van der Waals surface area contributed by atoms with E-state index in [9.17, 15) is 0 Å². The van der Waals surface area contributed by atoms with Crippen molar-refractivity contribution in [3.63, 3.8) is 0 Å². The molecule has 1 N–H and O–H groups in total. The van der Waals surface area contributed by atoms with Gasteiger partial charge in [0.15, 0.2) is 0 Å². The molecule has 1 aromatic rings. The third-order valence-corrected chi connectivity index (χ3v) is 3.53. The Morgan fingerprint density at radius 2 is 2.11 bits per heavy atom. The van der Waals surface area contributed by atoms with Crippen LogP contribution in [0.25, 0.3) is 0 Å². The minimum absolute atomic E-state index is 0.359. The second kappa shape index (κ2) is 7.66. The molecule has 2 heteroatoms. The van der Waals surface area contributed by atoms with Crippen molar-refractivity contribution in [3.05, 3.63) is 35.4 Å². The fourth-order valence-electron chi connectivity index (χ4n) is 2.28. The van der Waals surface area contributed by atoms with Crippen LogP contribution in [0.2, 0.25) is 0 Å². The van der Waals surface area contributed by atoms with Gasteiger partial charge in [-0.15, -0.1) is 0 Å². The molecule has 1 aliphatic carbocycles. The number of ether oxygens (including phenoxy) is 1. The first-order valence-corrected chi connectivity index (χ1v) is 7.67. The largest absolute Gasteiger partial charge is 0.379 e. The Bertz CT molecular complexity index is 371. The molecule has 0 saturated heterocycles. The van der Waals surface area contributed by atoms with Gasteiger partial charge in [0, 0.05) is 13.2 Å². The smallest absolute Gasteiger partial charge is 0.0518 e. The highest BCUT2D eigenvalue weighted by Crippen LogP contribution is 2.40. The number of unbranched alkanes of at least 4 members (excludes halogenated alkanes) is 1. The second-order valence-corrected chi connectivity index (χ2v) is 5.82. The van der Waals surface area contributed by atoms with Crippen LogP contribution in [0.15, 0.2) is 24.3 Å². The summed E-state index contributed by atoms with van der Waals surface area (Å²) in [5, 5.41) is 3.52. The molecule has 2 nitrogen and oxygen atoms in total. The van der Waals surface area contributed by atoms with E-state index in [2.05, 4.69) is 43.4 Å². The minimum atomic E-state index is 0.359. The van der Waals surface area contributed by atoms with Crippen molar-refractivity contribution in [2.75, 3.05) is 13.2 Å². The molecule has 1 fully saturated rings. The van der Waals surface area contributed by atoms with Crippen LogP contribution < -0.4 is 5.32 Å². The highest BCUT2D eigenvalue weighted by Gasteiger charge is 2.23. The molecule has 0 atom stereocenters. The third kappa shape index (κ3) is 5.75. The van der Waals surface area contributed by atoms with Gasteiger partial charge in [0.25, 0.3) is 0 Å². The molecule has 0 heterocycles. The zero-order valence-corrected chi connectivity index (χ0v) is 12.3. The third-order valence-electron chi connectivity index (χ3n) is 3.53. The summed E-state index contributed by atoms with van der Waals surface area (Å²) in [6.45, 7) is 7.13. The molecule has 0 aromatic heterocycles. The van der Waals surface area contributed by atoms with E-state index in [1.165, 1.54) is 30.4 Å². The Labute approximate surface area is 117 Å². The average Bonchev–Trinajstić information content (AvgIpc) is 3.22. The lowest BCUT2D eigenvalue weighted by Crippen LogP contribution is -2.15. The molecule has 1 aliphatic rings. The van der Waals surface area contributed by atoms with Gasteiger partial charge in [-0.2, -0.15) is 0 Å². The van der Waals surface area contributed by atoms with E-state index < -0.39 is 0 Å². The van der Waals surface area contributed by atoms with Crippen molar-refractivity contribution in [3.8, 4) is 0 Å². The van der Waals surface area contributed by atoms with Crippen LogP contribution in [0.5, 0.6) is 0 Å². The van der Waals surface area contributed by atoms with Gasteiger partial charge in [-0.1, -0.05) is 24.3 Å². The molecule has 0 spiro atoms. The molecule has 2 rings (SSSR count). The van der Waals surface area contributed by atoms with Gasteiger partial charge in [0.05, 0.1) is 6.10 Å². The maximum absolute atomic E-state index is 5.53.